The molecule has 1 amide bonds. The van der Waals surface area contributed by atoms with Crippen molar-refractivity contribution in [2.45, 2.75) is 77.8 Å². The number of nitrogens with one attached hydrogen (secondary N) is 1. The van der Waals surface area contributed by atoms with Crippen molar-refractivity contribution in [3.8, 4) is 11.1 Å². The Morgan fingerprint density at radius 3 is 2.02 bits per heavy atom. The van der Waals surface area contributed by atoms with E-state index in [-0.39, 0.29) is 36.5 Å². The van der Waals surface area contributed by atoms with Crippen molar-refractivity contribution in [2.75, 3.05) is 20.6 Å². The molecule has 0 bridgehead atoms. The molecule has 2 aromatic carbocycles. The van der Waals surface area contributed by atoms with E-state index in [0.29, 0.717) is 23.7 Å². The van der Waals surface area contributed by atoms with Gasteiger partial charge in [-0.15, -0.1) is 0 Å². The zero-order chi connectivity index (χ0) is 37.9. The molecule has 0 aliphatic rings. The van der Waals surface area contributed by atoms with Crippen LogP contribution < -0.4 is 10.9 Å². The lowest BCUT2D eigenvalue weighted by Gasteiger charge is -2.27. The van der Waals surface area contributed by atoms with Crippen LogP contribution in [-0.4, -0.2) is 47.1 Å². The first-order valence-corrected chi connectivity index (χ1v) is 15.7. The minimum atomic E-state index is -5.37. The number of amides is 1. The minimum Gasteiger partial charge on any atom is -0.481 e. The summed E-state index contributed by atoms with van der Waals surface area (Å²) in [5.74, 6) is -7.08. The number of hydrogen-bond acceptors (Lipinski definition) is 4. The van der Waals surface area contributed by atoms with E-state index in [4.69, 9.17) is 0 Å². The molecule has 1 aromatic heterocycles. The maximum absolute atomic E-state index is 16.4. The van der Waals surface area contributed by atoms with Gasteiger partial charge in [-0.3, -0.25) is 14.4 Å². The lowest BCUT2D eigenvalue weighted by atomic mass is 9.89. The molecule has 50 heavy (non-hydrogen) atoms. The zero-order valence-corrected chi connectivity index (χ0v) is 28.3. The highest BCUT2D eigenvalue weighted by Crippen LogP contribution is 2.42. The number of carbonyl (C=O) groups is 2. The number of carboxylic acids is 1. The second-order valence-corrected chi connectivity index (χ2v) is 12.9. The van der Waals surface area contributed by atoms with E-state index in [2.05, 4.69) is 5.32 Å². The molecule has 3 aromatic rings. The van der Waals surface area contributed by atoms with Crippen molar-refractivity contribution >= 4 is 11.9 Å². The summed E-state index contributed by atoms with van der Waals surface area (Å²) in [5.41, 5.74) is -6.08. The van der Waals surface area contributed by atoms with Crippen molar-refractivity contribution in [2.24, 2.45) is 5.92 Å². The number of benzene rings is 2. The summed E-state index contributed by atoms with van der Waals surface area (Å²) >= 11 is 0. The van der Waals surface area contributed by atoms with Gasteiger partial charge < -0.3 is 19.9 Å². The fourth-order valence-corrected chi connectivity index (χ4v) is 5.94. The molecule has 0 aliphatic heterocycles. The Bertz CT molecular complexity index is 1760. The third-order valence-corrected chi connectivity index (χ3v) is 8.19. The third-order valence-electron chi connectivity index (χ3n) is 8.19. The number of carboxylic acid groups (broad SMARTS) is 1. The Morgan fingerprint density at radius 1 is 0.940 bits per heavy atom. The van der Waals surface area contributed by atoms with Gasteiger partial charge in [-0.2, -0.15) is 26.3 Å². The first kappa shape index (κ1) is 40.2. The smallest absolute Gasteiger partial charge is 0.419 e. The van der Waals surface area contributed by atoms with Crippen LogP contribution in [-0.2, 0) is 28.4 Å². The van der Waals surface area contributed by atoms with Gasteiger partial charge in [0.1, 0.15) is 17.7 Å². The van der Waals surface area contributed by atoms with Crippen LogP contribution in [0.3, 0.4) is 0 Å². The number of aromatic nitrogens is 1. The summed E-state index contributed by atoms with van der Waals surface area (Å²) in [4.78, 5) is 40.7. The number of pyridine rings is 1. The third kappa shape index (κ3) is 9.49. The first-order chi connectivity index (χ1) is 23.0. The lowest BCUT2D eigenvalue weighted by molar-refractivity contribution is -0.140. The summed E-state index contributed by atoms with van der Waals surface area (Å²) in [6, 6.07) is 1.30. The number of aryl methyl sites for hydroxylation is 3. The maximum Gasteiger partial charge on any atom is 0.419 e. The molecule has 0 aliphatic carbocycles. The van der Waals surface area contributed by atoms with E-state index in [1.165, 1.54) is 26.0 Å². The van der Waals surface area contributed by atoms with Crippen LogP contribution in [0.4, 0.5) is 35.1 Å². The van der Waals surface area contributed by atoms with Gasteiger partial charge in [0.15, 0.2) is 0 Å². The van der Waals surface area contributed by atoms with Gasteiger partial charge in [-0.1, -0.05) is 32.0 Å². The molecule has 7 nitrogen and oxygen atoms in total. The fraction of sp³-hybridized carbons (Fsp3) is 0.457. The molecule has 15 heteroatoms. The maximum atomic E-state index is 16.4. The van der Waals surface area contributed by atoms with Crippen molar-refractivity contribution in [3.63, 3.8) is 0 Å². The van der Waals surface area contributed by atoms with Crippen molar-refractivity contribution in [3.05, 3.63) is 91.9 Å². The van der Waals surface area contributed by atoms with Gasteiger partial charge in [0, 0.05) is 23.4 Å². The molecule has 1 heterocycles. The molecule has 2 N–H and O–H groups in total. The Labute approximate surface area is 283 Å². The summed E-state index contributed by atoms with van der Waals surface area (Å²) < 4.78 is 117. The van der Waals surface area contributed by atoms with Crippen LogP contribution in [0.15, 0.2) is 41.3 Å². The van der Waals surface area contributed by atoms with Crippen LogP contribution in [0.5, 0.6) is 0 Å². The highest BCUT2D eigenvalue weighted by Gasteiger charge is 2.41. The summed E-state index contributed by atoms with van der Waals surface area (Å²) in [6.45, 7) is 6.60. The monoisotopic (exact) mass is 717 g/mol. The van der Waals surface area contributed by atoms with E-state index in [0.717, 1.165) is 10.8 Å². The van der Waals surface area contributed by atoms with Gasteiger partial charge in [0.05, 0.1) is 23.6 Å². The number of halogens is 8. The Morgan fingerprint density at radius 2 is 1.52 bits per heavy atom. The van der Waals surface area contributed by atoms with E-state index >= 15 is 8.78 Å². The molecule has 0 spiro atoms. The van der Waals surface area contributed by atoms with Gasteiger partial charge in [0.25, 0.3) is 5.56 Å². The average molecular weight is 718 g/mol. The number of rotatable bonds is 13. The highest BCUT2D eigenvalue weighted by atomic mass is 19.4. The molecule has 1 unspecified atom stereocenters. The van der Waals surface area contributed by atoms with E-state index in [1.807, 2.05) is 0 Å². The largest absolute Gasteiger partial charge is 0.481 e. The van der Waals surface area contributed by atoms with Crippen molar-refractivity contribution < 1.29 is 49.8 Å². The molecular weight excluding hydrogens is 678 g/mol. The molecule has 0 saturated carbocycles. The van der Waals surface area contributed by atoms with E-state index in [9.17, 15) is 45.8 Å². The topological polar surface area (TPSA) is 91.6 Å². The molecule has 274 valence electrons. The second kappa shape index (κ2) is 15.7. The highest BCUT2D eigenvalue weighted by molar-refractivity contribution is 5.82. The van der Waals surface area contributed by atoms with E-state index < -0.39 is 88.1 Å². The van der Waals surface area contributed by atoms with Crippen LogP contribution >= 0.6 is 0 Å². The first-order valence-electron chi connectivity index (χ1n) is 15.7. The van der Waals surface area contributed by atoms with Gasteiger partial charge >= 0.3 is 18.3 Å². The minimum absolute atomic E-state index is 0.00654. The van der Waals surface area contributed by atoms with Gasteiger partial charge in [-0.05, 0) is 88.0 Å². The van der Waals surface area contributed by atoms with Gasteiger partial charge in [0.2, 0.25) is 5.91 Å². The lowest BCUT2D eigenvalue weighted by Crippen LogP contribution is -2.41. The number of nitrogens with zero attached hydrogens (tertiary/aromatic N) is 2. The molecular formula is C35H39F8N3O4. The Balaban J connectivity index is 2.26. The Hall–Kier alpha value is -4.27. The predicted octanol–water partition coefficient (Wildman–Crippen LogP) is 7.86. The molecule has 0 fully saturated rings. The standard InChI is InChI=1S/C35H39F8N3O4/c1-18(2)13-26(46-17-21(11-8-12-45(5)6)23(15-27(46)47)34(38,39)40)33(50)44-25(16-28(48)49)30-31(36)22(14-24(32(30)37)35(41,42)43)29-19(3)9-7-10-20(29)4/h7,9-10,14-15,17-18,25-26H,8,11-13,16H2,1-6H3,(H,44,50)(H,48,49)/t25-,26?/m0/s1. The molecule has 0 saturated heterocycles. The summed E-state index contributed by atoms with van der Waals surface area (Å²) in [6.07, 6.45) is -10.8. The zero-order valence-electron chi connectivity index (χ0n) is 28.3. The summed E-state index contributed by atoms with van der Waals surface area (Å²) in [7, 11) is 3.42. The van der Waals surface area contributed by atoms with Crippen molar-refractivity contribution in [1.29, 1.82) is 0 Å². The number of alkyl halides is 6. The fourth-order valence-electron chi connectivity index (χ4n) is 5.94. The SMILES string of the molecule is Cc1cccc(C)c1-c1cc(C(F)(F)F)c(F)c([C@H](CC(=O)O)NC(=O)C(CC(C)C)n2cc(CCCN(C)C)c(C(F)(F)F)cc2=O)c1F. The average Bonchev–Trinajstić information content (AvgIpc) is 2.95. The van der Waals surface area contributed by atoms with E-state index in [1.54, 1.807) is 38.9 Å². The van der Waals surface area contributed by atoms with Crippen LogP contribution in [0.2, 0.25) is 0 Å². The van der Waals surface area contributed by atoms with Crippen LogP contribution in [0.25, 0.3) is 11.1 Å². The molecule has 2 atom stereocenters. The second-order valence-electron chi connectivity index (χ2n) is 12.9. The molecule has 0 radical (unpaired) electrons. The normalized spacial score (nSPS) is 13.5. The van der Waals surface area contributed by atoms with Crippen molar-refractivity contribution in [1.82, 2.24) is 14.8 Å². The quantitative estimate of drug-likeness (QED) is 0.176. The van der Waals surface area contributed by atoms with Crippen LogP contribution in [0, 0.1) is 31.4 Å². The number of hydrogen-bond donors (Lipinski definition) is 2. The number of carbonyl (C=O) groups excluding carboxylic acids is 1. The molecule has 3 rings (SSSR count). The van der Waals surface area contributed by atoms with Gasteiger partial charge in [-0.25, -0.2) is 8.78 Å². The summed E-state index contributed by atoms with van der Waals surface area (Å²) in [5, 5.41) is 11.8. The number of aliphatic carboxylic acids is 1. The predicted molar refractivity (Wildman–Crippen MR) is 170 cm³/mol. The van der Waals surface area contributed by atoms with Crippen LogP contribution in [0.1, 0.15) is 78.6 Å². The Kier molecular flexibility index (Phi) is 12.6.